The predicted molar refractivity (Wildman–Crippen MR) is 60.6 cm³/mol. The van der Waals surface area contributed by atoms with Crippen LogP contribution < -0.4 is 5.32 Å². The molecule has 0 bridgehead atoms. The number of methoxy groups -OCH3 is 1. The Morgan fingerprint density at radius 2 is 2.22 bits per heavy atom. The number of nitrogens with one attached hydrogen (secondary N) is 1. The van der Waals surface area contributed by atoms with E-state index < -0.39 is 34.9 Å². The fourth-order valence-electron chi connectivity index (χ4n) is 0.830. The Bertz CT molecular complexity index is 447. The molecule has 0 aliphatic carbocycles. The number of halogens is 3. The topological polar surface area (TPSA) is 68.3 Å². The number of esters is 1. The van der Waals surface area contributed by atoms with Crippen molar-refractivity contribution in [2.75, 3.05) is 18.2 Å². The number of nitrogens with zero attached hydrogens (tertiary/aromatic N) is 1. The molecule has 100 valence electrons. The highest BCUT2D eigenvalue weighted by molar-refractivity contribution is 8.00. The number of carbonyl (C=O) groups excluding carboxylic acids is 2. The Kier molecular flexibility index (Phi) is 4.96. The Morgan fingerprint density at radius 3 is 2.78 bits per heavy atom. The lowest BCUT2D eigenvalue weighted by Crippen LogP contribution is -2.16. The van der Waals surface area contributed by atoms with Gasteiger partial charge < -0.3 is 10.1 Å². The number of alkyl halides is 3. The molecule has 10 heteroatoms. The molecule has 1 amide bonds. The molecule has 0 aliphatic rings. The van der Waals surface area contributed by atoms with E-state index in [2.05, 4.69) is 15.0 Å². The zero-order valence-corrected chi connectivity index (χ0v) is 10.5. The molecule has 0 atom stereocenters. The molecule has 5 nitrogen and oxygen atoms in total. The first-order valence-corrected chi connectivity index (χ1v) is 6.16. The van der Waals surface area contributed by atoms with Crippen LogP contribution in [-0.4, -0.2) is 35.2 Å². The van der Waals surface area contributed by atoms with Crippen molar-refractivity contribution in [1.82, 2.24) is 4.98 Å². The molecule has 0 radical (unpaired) electrons. The fourth-order valence-corrected chi connectivity index (χ4v) is 1.95. The first kappa shape index (κ1) is 14.8. The zero-order valence-electron chi connectivity index (χ0n) is 8.91. The van der Waals surface area contributed by atoms with Crippen LogP contribution in [0, 0.1) is 0 Å². The molecule has 0 unspecified atom stereocenters. The van der Waals surface area contributed by atoms with Gasteiger partial charge in [-0.25, -0.2) is 9.78 Å². The van der Waals surface area contributed by atoms with Crippen molar-refractivity contribution in [3.8, 4) is 0 Å². The first-order valence-electron chi connectivity index (χ1n) is 4.36. The minimum atomic E-state index is -4.46. The monoisotopic (exact) mass is 300 g/mol. The second kappa shape index (κ2) is 6.05. The van der Waals surface area contributed by atoms with Crippen LogP contribution in [0.3, 0.4) is 0 Å². The van der Waals surface area contributed by atoms with Gasteiger partial charge in [0.25, 0.3) is 0 Å². The highest BCUT2D eigenvalue weighted by Crippen LogP contribution is 2.30. The van der Waals surface area contributed by atoms with E-state index >= 15 is 0 Å². The fraction of sp³-hybridized carbons (Fsp3) is 0.375. The van der Waals surface area contributed by atoms with E-state index in [0.29, 0.717) is 0 Å². The summed E-state index contributed by atoms with van der Waals surface area (Å²) < 4.78 is 39.9. The van der Waals surface area contributed by atoms with Crippen LogP contribution in [0.1, 0.15) is 9.67 Å². The number of rotatable bonds is 4. The summed E-state index contributed by atoms with van der Waals surface area (Å²) in [6, 6.07) is 0. The van der Waals surface area contributed by atoms with Gasteiger partial charge in [0.15, 0.2) is 5.13 Å². The lowest BCUT2D eigenvalue weighted by Gasteiger charge is -2.04. The van der Waals surface area contributed by atoms with Crippen LogP contribution in [0.2, 0.25) is 0 Å². The Morgan fingerprint density at radius 1 is 1.56 bits per heavy atom. The summed E-state index contributed by atoms with van der Waals surface area (Å²) in [4.78, 5) is 26.0. The van der Waals surface area contributed by atoms with Gasteiger partial charge in [-0.2, -0.15) is 13.2 Å². The van der Waals surface area contributed by atoms with E-state index in [1.54, 1.807) is 0 Å². The summed E-state index contributed by atoms with van der Waals surface area (Å²) >= 11 is 0.371. The second-order valence-corrected chi connectivity index (χ2v) is 4.87. The SMILES string of the molecule is COC(=O)c1cnc(NC(=O)CSC(F)(F)F)s1. The van der Waals surface area contributed by atoms with Crippen molar-refractivity contribution in [2.45, 2.75) is 5.51 Å². The van der Waals surface area contributed by atoms with Crippen molar-refractivity contribution >= 4 is 40.1 Å². The number of carbonyl (C=O) groups is 2. The number of aromatic nitrogens is 1. The molecular weight excluding hydrogens is 293 g/mol. The number of anilines is 1. The number of ether oxygens (including phenoxy) is 1. The maximum absolute atomic E-state index is 11.8. The average Bonchev–Trinajstić information content (AvgIpc) is 2.73. The van der Waals surface area contributed by atoms with E-state index in [9.17, 15) is 22.8 Å². The number of thioether (sulfide) groups is 1. The highest BCUT2D eigenvalue weighted by Gasteiger charge is 2.29. The third-order valence-corrected chi connectivity index (χ3v) is 3.13. The summed E-state index contributed by atoms with van der Waals surface area (Å²) in [5, 5.41) is 2.20. The molecule has 0 saturated heterocycles. The maximum atomic E-state index is 11.8. The van der Waals surface area contributed by atoms with Crippen LogP contribution in [0.25, 0.3) is 0 Å². The van der Waals surface area contributed by atoms with Crippen LogP contribution in [-0.2, 0) is 9.53 Å². The van der Waals surface area contributed by atoms with Gasteiger partial charge in [0.1, 0.15) is 4.88 Å². The van der Waals surface area contributed by atoms with Crippen LogP contribution in [0.4, 0.5) is 18.3 Å². The Balaban J connectivity index is 2.50. The minimum absolute atomic E-state index is 0.0446. The molecule has 1 aromatic rings. The number of hydrogen-bond acceptors (Lipinski definition) is 6. The smallest absolute Gasteiger partial charge is 0.442 e. The standard InChI is InChI=1S/C8H7F3N2O3S2/c1-16-6(15)4-2-12-7(18-4)13-5(14)3-17-8(9,10)11/h2H,3H2,1H3,(H,12,13,14). The van der Waals surface area contributed by atoms with Gasteiger partial charge in [-0.3, -0.25) is 4.79 Å². The summed E-state index contributed by atoms with van der Waals surface area (Å²) in [5.74, 6) is -2.24. The van der Waals surface area contributed by atoms with Gasteiger partial charge in [0.2, 0.25) is 5.91 Å². The average molecular weight is 300 g/mol. The van der Waals surface area contributed by atoms with Crippen molar-refractivity contribution in [2.24, 2.45) is 0 Å². The van der Waals surface area contributed by atoms with Crippen molar-refractivity contribution in [1.29, 1.82) is 0 Å². The zero-order chi connectivity index (χ0) is 13.8. The molecule has 0 saturated carbocycles. The summed E-state index contributed by atoms with van der Waals surface area (Å²) in [6.45, 7) is 0. The van der Waals surface area contributed by atoms with Crippen LogP contribution in [0.15, 0.2) is 6.20 Å². The van der Waals surface area contributed by atoms with Gasteiger partial charge in [0.05, 0.1) is 19.1 Å². The Hall–Kier alpha value is -1.29. The predicted octanol–water partition coefficient (Wildman–Crippen LogP) is 2.12. The molecule has 0 aliphatic heterocycles. The van der Waals surface area contributed by atoms with Gasteiger partial charge >= 0.3 is 11.5 Å². The van der Waals surface area contributed by atoms with E-state index in [1.165, 1.54) is 13.3 Å². The number of thiazole rings is 1. The first-order chi connectivity index (χ1) is 8.31. The molecule has 18 heavy (non-hydrogen) atoms. The quantitative estimate of drug-likeness (QED) is 0.863. The molecule has 0 spiro atoms. The van der Waals surface area contributed by atoms with Gasteiger partial charge in [-0.05, 0) is 11.8 Å². The molecule has 0 fully saturated rings. The normalized spacial score (nSPS) is 11.1. The lowest BCUT2D eigenvalue weighted by atomic mass is 10.6. The number of hydrogen-bond donors (Lipinski definition) is 1. The number of amides is 1. The highest BCUT2D eigenvalue weighted by atomic mass is 32.2. The largest absolute Gasteiger partial charge is 0.465 e. The molecular formula is C8H7F3N2O3S2. The van der Waals surface area contributed by atoms with Gasteiger partial charge in [-0.1, -0.05) is 11.3 Å². The van der Waals surface area contributed by atoms with Crippen molar-refractivity contribution in [3.05, 3.63) is 11.1 Å². The van der Waals surface area contributed by atoms with Crippen molar-refractivity contribution in [3.63, 3.8) is 0 Å². The molecule has 1 aromatic heterocycles. The van der Waals surface area contributed by atoms with Gasteiger partial charge in [-0.15, -0.1) is 0 Å². The third kappa shape index (κ3) is 4.92. The van der Waals surface area contributed by atoms with E-state index in [4.69, 9.17) is 0 Å². The summed E-state index contributed by atoms with van der Waals surface area (Å²) in [7, 11) is 1.18. The minimum Gasteiger partial charge on any atom is -0.465 e. The summed E-state index contributed by atoms with van der Waals surface area (Å²) in [5.41, 5.74) is -4.46. The van der Waals surface area contributed by atoms with Crippen molar-refractivity contribution < 1.29 is 27.5 Å². The van der Waals surface area contributed by atoms with E-state index in [1.807, 2.05) is 0 Å². The second-order valence-electron chi connectivity index (χ2n) is 2.80. The molecule has 1 rings (SSSR count). The molecule has 1 heterocycles. The maximum Gasteiger partial charge on any atom is 0.442 e. The lowest BCUT2D eigenvalue weighted by molar-refractivity contribution is -0.114. The molecule has 1 N–H and O–H groups in total. The van der Waals surface area contributed by atoms with Crippen LogP contribution >= 0.6 is 23.1 Å². The van der Waals surface area contributed by atoms with Gasteiger partial charge in [0, 0.05) is 0 Å². The molecule has 0 aromatic carbocycles. The summed E-state index contributed by atoms with van der Waals surface area (Å²) in [6.07, 6.45) is 1.17. The third-order valence-electron chi connectivity index (χ3n) is 1.51. The van der Waals surface area contributed by atoms with E-state index in [-0.39, 0.29) is 10.0 Å². The van der Waals surface area contributed by atoms with Crippen LogP contribution in [0.5, 0.6) is 0 Å². The van der Waals surface area contributed by atoms with E-state index in [0.717, 1.165) is 11.3 Å². The Labute approximate surface area is 108 Å².